The van der Waals surface area contributed by atoms with Crippen LogP contribution in [0.3, 0.4) is 0 Å². The van der Waals surface area contributed by atoms with Gasteiger partial charge in [0.25, 0.3) is 11.8 Å². The number of H-pyrrole nitrogens is 1. The van der Waals surface area contributed by atoms with Crippen LogP contribution in [0, 0.1) is 5.82 Å². The summed E-state index contributed by atoms with van der Waals surface area (Å²) >= 11 is 0. The number of hydrogen-bond acceptors (Lipinski definition) is 2. The van der Waals surface area contributed by atoms with Crippen LogP contribution in [0.25, 0.3) is 6.08 Å². The third kappa shape index (κ3) is 3.55. The van der Waals surface area contributed by atoms with Crippen molar-refractivity contribution in [2.75, 3.05) is 0 Å². The largest absolute Gasteiger partial charge is 0.357 e. The van der Waals surface area contributed by atoms with Crippen molar-refractivity contribution in [1.82, 2.24) is 15.8 Å². The highest BCUT2D eigenvalue weighted by Crippen LogP contribution is 2.07. The average molecular weight is 273 g/mol. The molecule has 0 spiro atoms. The second kappa shape index (κ2) is 6.33. The van der Waals surface area contributed by atoms with Gasteiger partial charge in [-0.15, -0.1) is 0 Å². The number of halogens is 1. The number of rotatable bonds is 3. The SMILES string of the molecule is O=C(/C=C/c1ccccc1F)NNC(=O)c1ccc[nH]1. The summed E-state index contributed by atoms with van der Waals surface area (Å²) in [5, 5.41) is 0. The Balaban J connectivity index is 1.87. The number of nitrogens with one attached hydrogen (secondary N) is 3. The third-order valence-corrected chi connectivity index (χ3v) is 2.46. The minimum atomic E-state index is -0.562. The smallest absolute Gasteiger partial charge is 0.286 e. The van der Waals surface area contributed by atoms with Gasteiger partial charge in [0.2, 0.25) is 0 Å². The van der Waals surface area contributed by atoms with Gasteiger partial charge in [0.15, 0.2) is 0 Å². The summed E-state index contributed by atoms with van der Waals surface area (Å²) in [6.45, 7) is 0. The Morgan fingerprint density at radius 2 is 1.90 bits per heavy atom. The van der Waals surface area contributed by atoms with E-state index in [9.17, 15) is 14.0 Å². The summed E-state index contributed by atoms with van der Waals surface area (Å²) in [6.07, 6.45) is 4.05. The zero-order valence-electron chi connectivity index (χ0n) is 10.4. The van der Waals surface area contributed by atoms with E-state index < -0.39 is 17.6 Å². The molecule has 1 aromatic carbocycles. The second-order valence-electron chi connectivity index (χ2n) is 3.88. The Bertz CT molecular complexity index is 636. The molecule has 20 heavy (non-hydrogen) atoms. The van der Waals surface area contributed by atoms with E-state index in [1.165, 1.54) is 18.2 Å². The van der Waals surface area contributed by atoms with E-state index in [1.54, 1.807) is 30.5 Å². The second-order valence-corrected chi connectivity index (χ2v) is 3.88. The summed E-state index contributed by atoms with van der Waals surface area (Å²) < 4.78 is 13.3. The lowest BCUT2D eigenvalue weighted by Crippen LogP contribution is -2.40. The number of amides is 2. The van der Waals surface area contributed by atoms with E-state index in [4.69, 9.17) is 0 Å². The molecule has 0 saturated heterocycles. The first-order valence-corrected chi connectivity index (χ1v) is 5.83. The van der Waals surface area contributed by atoms with Crippen LogP contribution in [0.1, 0.15) is 16.1 Å². The molecular weight excluding hydrogens is 261 g/mol. The van der Waals surface area contributed by atoms with Crippen molar-refractivity contribution in [3.8, 4) is 0 Å². The van der Waals surface area contributed by atoms with Crippen LogP contribution in [0.2, 0.25) is 0 Å². The van der Waals surface area contributed by atoms with Crippen LogP contribution in [-0.4, -0.2) is 16.8 Å². The topological polar surface area (TPSA) is 74.0 Å². The fourth-order valence-corrected chi connectivity index (χ4v) is 1.47. The quantitative estimate of drug-likeness (QED) is 0.587. The first kappa shape index (κ1) is 13.5. The number of aromatic nitrogens is 1. The number of hydrogen-bond donors (Lipinski definition) is 3. The normalized spacial score (nSPS) is 10.4. The Labute approximate surface area is 114 Å². The number of carbonyl (C=O) groups excluding carboxylic acids is 2. The Hall–Kier alpha value is -2.89. The predicted molar refractivity (Wildman–Crippen MR) is 71.8 cm³/mol. The molecule has 0 aliphatic carbocycles. The van der Waals surface area contributed by atoms with Gasteiger partial charge in [-0.25, -0.2) is 4.39 Å². The highest BCUT2D eigenvalue weighted by Gasteiger charge is 2.05. The van der Waals surface area contributed by atoms with E-state index in [-0.39, 0.29) is 0 Å². The third-order valence-electron chi connectivity index (χ3n) is 2.46. The molecule has 1 aromatic heterocycles. The summed E-state index contributed by atoms with van der Waals surface area (Å²) in [6, 6.07) is 9.28. The first-order valence-electron chi connectivity index (χ1n) is 5.83. The van der Waals surface area contributed by atoms with E-state index in [0.717, 1.165) is 6.08 Å². The molecule has 5 nitrogen and oxygen atoms in total. The van der Waals surface area contributed by atoms with Gasteiger partial charge >= 0.3 is 0 Å². The predicted octanol–water partition coefficient (Wildman–Crippen LogP) is 1.63. The van der Waals surface area contributed by atoms with Crippen molar-refractivity contribution in [3.05, 3.63) is 65.7 Å². The van der Waals surface area contributed by atoms with Crippen molar-refractivity contribution in [2.24, 2.45) is 0 Å². The monoisotopic (exact) mass is 273 g/mol. The fraction of sp³-hybridized carbons (Fsp3) is 0. The van der Waals surface area contributed by atoms with Crippen molar-refractivity contribution in [3.63, 3.8) is 0 Å². The van der Waals surface area contributed by atoms with Crippen molar-refractivity contribution < 1.29 is 14.0 Å². The van der Waals surface area contributed by atoms with Crippen molar-refractivity contribution in [2.45, 2.75) is 0 Å². The summed E-state index contributed by atoms with van der Waals surface area (Å²) in [7, 11) is 0. The molecule has 2 rings (SSSR count). The van der Waals surface area contributed by atoms with Gasteiger partial charge < -0.3 is 4.98 Å². The van der Waals surface area contributed by atoms with Gasteiger partial charge in [0, 0.05) is 17.8 Å². The van der Waals surface area contributed by atoms with Crippen LogP contribution in [0.15, 0.2) is 48.7 Å². The zero-order valence-corrected chi connectivity index (χ0v) is 10.4. The van der Waals surface area contributed by atoms with Crippen LogP contribution < -0.4 is 10.9 Å². The van der Waals surface area contributed by atoms with Crippen LogP contribution >= 0.6 is 0 Å². The molecule has 0 atom stereocenters. The molecule has 2 aromatic rings. The van der Waals surface area contributed by atoms with Crippen LogP contribution in [0.4, 0.5) is 4.39 Å². The molecular formula is C14H12FN3O2. The molecule has 102 valence electrons. The van der Waals surface area contributed by atoms with Crippen molar-refractivity contribution >= 4 is 17.9 Å². The van der Waals surface area contributed by atoms with E-state index in [2.05, 4.69) is 15.8 Å². The Morgan fingerprint density at radius 3 is 2.60 bits per heavy atom. The van der Waals surface area contributed by atoms with E-state index >= 15 is 0 Å². The number of carbonyl (C=O) groups is 2. The molecule has 0 aliphatic rings. The molecule has 0 aliphatic heterocycles. The number of hydrazine groups is 1. The lowest BCUT2D eigenvalue weighted by molar-refractivity contribution is -0.117. The maximum absolute atomic E-state index is 13.3. The summed E-state index contributed by atoms with van der Waals surface area (Å²) in [5.41, 5.74) is 5.03. The van der Waals surface area contributed by atoms with Crippen LogP contribution in [0.5, 0.6) is 0 Å². The Morgan fingerprint density at radius 1 is 1.10 bits per heavy atom. The van der Waals surface area contributed by atoms with Gasteiger partial charge in [0.05, 0.1) is 0 Å². The average Bonchev–Trinajstić information content (AvgIpc) is 2.98. The van der Waals surface area contributed by atoms with E-state index in [1.807, 2.05) is 0 Å². The lowest BCUT2D eigenvalue weighted by atomic mass is 10.2. The lowest BCUT2D eigenvalue weighted by Gasteiger charge is -2.03. The molecule has 6 heteroatoms. The molecule has 0 radical (unpaired) electrons. The van der Waals surface area contributed by atoms with Crippen molar-refractivity contribution in [1.29, 1.82) is 0 Å². The van der Waals surface area contributed by atoms with Gasteiger partial charge in [-0.1, -0.05) is 18.2 Å². The fourth-order valence-electron chi connectivity index (χ4n) is 1.47. The molecule has 3 N–H and O–H groups in total. The molecule has 0 bridgehead atoms. The molecule has 0 fully saturated rings. The van der Waals surface area contributed by atoms with Crippen LogP contribution in [-0.2, 0) is 4.79 Å². The van der Waals surface area contributed by atoms with Gasteiger partial charge in [0.1, 0.15) is 11.5 Å². The summed E-state index contributed by atoms with van der Waals surface area (Å²) in [5.74, 6) is -1.46. The molecule has 1 heterocycles. The maximum atomic E-state index is 13.3. The standard InChI is InChI=1S/C14H12FN3O2/c15-11-5-2-1-4-10(11)7-8-13(19)17-18-14(20)12-6-3-9-16-12/h1-9,16H,(H,17,19)(H,18,20)/b8-7+. The first-order chi connectivity index (χ1) is 9.66. The molecule has 0 saturated carbocycles. The van der Waals surface area contributed by atoms with Gasteiger partial charge in [-0.05, 0) is 24.3 Å². The van der Waals surface area contributed by atoms with E-state index in [0.29, 0.717) is 11.3 Å². The maximum Gasteiger partial charge on any atom is 0.286 e. The minimum Gasteiger partial charge on any atom is -0.357 e. The van der Waals surface area contributed by atoms with Gasteiger partial charge in [-0.2, -0.15) is 0 Å². The molecule has 0 unspecified atom stereocenters. The number of benzene rings is 1. The molecule has 2 amide bonds. The van der Waals surface area contributed by atoms with Gasteiger partial charge in [-0.3, -0.25) is 20.4 Å². The zero-order chi connectivity index (χ0) is 14.4. The Kier molecular flexibility index (Phi) is 4.28. The number of aromatic amines is 1. The highest BCUT2D eigenvalue weighted by atomic mass is 19.1. The highest BCUT2D eigenvalue weighted by molar-refractivity contribution is 5.96. The minimum absolute atomic E-state index is 0.290. The summed E-state index contributed by atoms with van der Waals surface area (Å²) in [4.78, 5) is 25.6.